The first-order valence-corrected chi connectivity index (χ1v) is 3.70. The molecule has 0 bridgehead atoms. The van der Waals surface area contributed by atoms with E-state index in [1.807, 2.05) is 0 Å². The molecule has 1 heterocycles. The first-order valence-electron chi connectivity index (χ1n) is 3.70. The lowest BCUT2D eigenvalue weighted by atomic mass is 10.2. The fourth-order valence-corrected chi connectivity index (χ4v) is 0.943. The van der Waals surface area contributed by atoms with Crippen molar-refractivity contribution in [3.8, 4) is 0 Å². The zero-order valence-electron chi connectivity index (χ0n) is 7.02. The van der Waals surface area contributed by atoms with Crippen molar-refractivity contribution in [2.45, 2.75) is 12.7 Å². The second-order valence-corrected chi connectivity index (χ2v) is 2.61. The van der Waals surface area contributed by atoms with Crippen molar-refractivity contribution < 1.29 is 13.2 Å². The summed E-state index contributed by atoms with van der Waals surface area (Å²) >= 11 is 0. The lowest BCUT2D eigenvalue weighted by Crippen LogP contribution is -2.09. The minimum absolute atomic E-state index is 0.386. The zero-order valence-corrected chi connectivity index (χ0v) is 7.02. The molecule has 0 saturated carbocycles. The van der Waals surface area contributed by atoms with Gasteiger partial charge in [0.05, 0.1) is 5.56 Å². The molecule has 0 unspecified atom stereocenters. The largest absolute Gasteiger partial charge is 0.417 e. The highest BCUT2D eigenvalue weighted by Gasteiger charge is 2.30. The molecular formula is C8H9F3N2. The fraction of sp³-hybridized carbons (Fsp3) is 0.375. The van der Waals surface area contributed by atoms with Gasteiger partial charge in [-0.1, -0.05) is 0 Å². The Kier molecular flexibility index (Phi) is 2.87. The summed E-state index contributed by atoms with van der Waals surface area (Å²) in [4.78, 5) is 3.51. The van der Waals surface area contributed by atoms with Crippen LogP contribution in [-0.4, -0.2) is 12.0 Å². The summed E-state index contributed by atoms with van der Waals surface area (Å²) in [6.07, 6.45) is -2.08. The summed E-state index contributed by atoms with van der Waals surface area (Å²) in [6.45, 7) is 0.386. The van der Waals surface area contributed by atoms with E-state index in [-0.39, 0.29) is 0 Å². The number of hydrogen-bond acceptors (Lipinski definition) is 2. The van der Waals surface area contributed by atoms with Gasteiger partial charge in [-0.2, -0.15) is 13.2 Å². The van der Waals surface area contributed by atoms with Gasteiger partial charge in [0.2, 0.25) is 0 Å². The van der Waals surface area contributed by atoms with Crippen LogP contribution in [0.3, 0.4) is 0 Å². The number of hydrogen-bond donors (Lipinski definition) is 1. The fourth-order valence-electron chi connectivity index (χ4n) is 0.943. The van der Waals surface area contributed by atoms with Gasteiger partial charge < -0.3 is 5.32 Å². The van der Waals surface area contributed by atoms with Gasteiger partial charge in [0.25, 0.3) is 0 Å². The van der Waals surface area contributed by atoms with E-state index in [0.29, 0.717) is 12.1 Å². The standard InChI is InChI=1S/C8H9F3N2/c1-12-3-6-2-7(5-13-4-6)8(9,10)11/h2,4-5,12H,3H2,1H3. The zero-order chi connectivity index (χ0) is 9.90. The predicted molar refractivity (Wildman–Crippen MR) is 42.0 cm³/mol. The van der Waals surface area contributed by atoms with E-state index in [1.165, 1.54) is 6.20 Å². The van der Waals surface area contributed by atoms with Crippen molar-refractivity contribution in [1.29, 1.82) is 0 Å². The highest BCUT2D eigenvalue weighted by molar-refractivity contribution is 5.20. The quantitative estimate of drug-likeness (QED) is 0.769. The van der Waals surface area contributed by atoms with Crippen LogP contribution in [-0.2, 0) is 12.7 Å². The molecule has 0 aliphatic heterocycles. The number of nitrogens with zero attached hydrogens (tertiary/aromatic N) is 1. The first kappa shape index (κ1) is 9.98. The summed E-state index contributed by atoms with van der Waals surface area (Å²) in [7, 11) is 1.67. The molecule has 72 valence electrons. The van der Waals surface area contributed by atoms with Crippen molar-refractivity contribution in [3.05, 3.63) is 29.6 Å². The Bertz CT molecular complexity index is 283. The van der Waals surface area contributed by atoms with E-state index in [4.69, 9.17) is 0 Å². The molecule has 1 aromatic rings. The van der Waals surface area contributed by atoms with Crippen LogP contribution in [0.1, 0.15) is 11.1 Å². The van der Waals surface area contributed by atoms with Crippen molar-refractivity contribution in [2.24, 2.45) is 0 Å². The Morgan fingerprint density at radius 1 is 1.38 bits per heavy atom. The minimum atomic E-state index is -4.31. The minimum Gasteiger partial charge on any atom is -0.316 e. The molecule has 0 aliphatic carbocycles. The van der Waals surface area contributed by atoms with Gasteiger partial charge in [0.1, 0.15) is 0 Å². The Balaban J connectivity index is 2.92. The molecule has 1 rings (SSSR count). The molecule has 0 aromatic carbocycles. The molecule has 0 aliphatic rings. The number of nitrogens with one attached hydrogen (secondary N) is 1. The maximum atomic E-state index is 12.1. The van der Waals surface area contributed by atoms with Crippen molar-refractivity contribution in [3.63, 3.8) is 0 Å². The van der Waals surface area contributed by atoms with Gasteiger partial charge in [0, 0.05) is 18.9 Å². The van der Waals surface area contributed by atoms with E-state index in [9.17, 15) is 13.2 Å². The van der Waals surface area contributed by atoms with Gasteiger partial charge >= 0.3 is 6.18 Å². The van der Waals surface area contributed by atoms with Crippen molar-refractivity contribution >= 4 is 0 Å². The predicted octanol–water partition coefficient (Wildman–Crippen LogP) is 1.82. The van der Waals surface area contributed by atoms with E-state index in [1.54, 1.807) is 7.05 Å². The topological polar surface area (TPSA) is 24.9 Å². The Morgan fingerprint density at radius 3 is 2.62 bits per heavy atom. The van der Waals surface area contributed by atoms with Crippen LogP contribution >= 0.6 is 0 Å². The second-order valence-electron chi connectivity index (χ2n) is 2.61. The Hall–Kier alpha value is -1.10. The molecule has 0 amide bonds. The highest BCUT2D eigenvalue weighted by atomic mass is 19.4. The summed E-state index contributed by atoms with van der Waals surface area (Å²) in [5, 5.41) is 2.76. The summed E-state index contributed by atoms with van der Waals surface area (Å²) in [5.74, 6) is 0. The maximum Gasteiger partial charge on any atom is 0.417 e. The van der Waals surface area contributed by atoms with E-state index in [0.717, 1.165) is 12.3 Å². The smallest absolute Gasteiger partial charge is 0.316 e. The lowest BCUT2D eigenvalue weighted by molar-refractivity contribution is -0.137. The Labute approximate surface area is 73.8 Å². The van der Waals surface area contributed by atoms with Crippen LogP contribution < -0.4 is 5.32 Å². The summed E-state index contributed by atoms with van der Waals surface area (Å²) in [5.41, 5.74) is -0.183. The number of alkyl halides is 3. The summed E-state index contributed by atoms with van der Waals surface area (Å²) < 4.78 is 36.4. The van der Waals surface area contributed by atoms with Crippen LogP contribution in [0.2, 0.25) is 0 Å². The molecule has 5 heteroatoms. The molecule has 0 fully saturated rings. The molecule has 13 heavy (non-hydrogen) atoms. The summed E-state index contributed by atoms with van der Waals surface area (Å²) in [6, 6.07) is 1.09. The van der Waals surface area contributed by atoms with Gasteiger partial charge in [-0.15, -0.1) is 0 Å². The average Bonchev–Trinajstić information content (AvgIpc) is 2.04. The van der Waals surface area contributed by atoms with Crippen LogP contribution in [0, 0.1) is 0 Å². The molecule has 0 saturated heterocycles. The van der Waals surface area contributed by atoms with Gasteiger partial charge in [-0.05, 0) is 18.7 Å². The average molecular weight is 190 g/mol. The van der Waals surface area contributed by atoms with E-state index < -0.39 is 11.7 Å². The normalized spacial score (nSPS) is 11.7. The molecule has 1 N–H and O–H groups in total. The molecule has 0 atom stereocenters. The molecule has 0 radical (unpaired) electrons. The first-order chi connectivity index (χ1) is 6.04. The number of pyridine rings is 1. The molecule has 2 nitrogen and oxygen atoms in total. The van der Waals surface area contributed by atoms with Crippen LogP contribution in [0.25, 0.3) is 0 Å². The van der Waals surface area contributed by atoms with Crippen LogP contribution in [0.15, 0.2) is 18.5 Å². The maximum absolute atomic E-state index is 12.1. The third-order valence-electron chi connectivity index (χ3n) is 1.50. The number of halogens is 3. The van der Waals surface area contributed by atoms with Crippen LogP contribution in [0.4, 0.5) is 13.2 Å². The van der Waals surface area contributed by atoms with Gasteiger partial charge in [-0.3, -0.25) is 4.98 Å². The van der Waals surface area contributed by atoms with Crippen molar-refractivity contribution in [2.75, 3.05) is 7.05 Å². The highest BCUT2D eigenvalue weighted by Crippen LogP contribution is 2.28. The van der Waals surface area contributed by atoms with Gasteiger partial charge in [-0.25, -0.2) is 0 Å². The van der Waals surface area contributed by atoms with E-state index in [2.05, 4.69) is 10.3 Å². The monoisotopic (exact) mass is 190 g/mol. The second kappa shape index (κ2) is 3.74. The lowest BCUT2D eigenvalue weighted by Gasteiger charge is -2.07. The third-order valence-corrected chi connectivity index (χ3v) is 1.50. The molecule has 0 spiro atoms. The third kappa shape index (κ3) is 2.69. The van der Waals surface area contributed by atoms with Crippen LogP contribution in [0.5, 0.6) is 0 Å². The SMILES string of the molecule is CNCc1cncc(C(F)(F)F)c1. The molecular weight excluding hydrogens is 181 g/mol. The number of rotatable bonds is 2. The van der Waals surface area contributed by atoms with Crippen molar-refractivity contribution in [1.82, 2.24) is 10.3 Å². The molecule has 1 aromatic heterocycles. The number of aromatic nitrogens is 1. The van der Waals surface area contributed by atoms with E-state index >= 15 is 0 Å². The van der Waals surface area contributed by atoms with Gasteiger partial charge in [0.15, 0.2) is 0 Å². The Morgan fingerprint density at radius 2 is 2.08 bits per heavy atom.